The Labute approximate surface area is 185 Å². The van der Waals surface area contributed by atoms with E-state index in [9.17, 15) is 4.39 Å². The summed E-state index contributed by atoms with van der Waals surface area (Å²) in [4.78, 5) is 0. The predicted molar refractivity (Wildman–Crippen MR) is 125 cm³/mol. The van der Waals surface area contributed by atoms with Crippen LogP contribution in [0.1, 0.15) is 67.2 Å². The summed E-state index contributed by atoms with van der Waals surface area (Å²) in [6.45, 7) is 2.31. The highest BCUT2D eigenvalue weighted by molar-refractivity contribution is 5.65. The van der Waals surface area contributed by atoms with Crippen molar-refractivity contribution in [3.8, 4) is 17.2 Å². The molecule has 2 heteroatoms. The van der Waals surface area contributed by atoms with Crippen molar-refractivity contribution in [2.45, 2.75) is 57.8 Å². The molecule has 158 valence electrons. The molecule has 0 spiro atoms. The van der Waals surface area contributed by atoms with Crippen LogP contribution in [0.4, 0.5) is 4.39 Å². The average molecular weight is 412 g/mol. The molecule has 1 saturated carbocycles. The van der Waals surface area contributed by atoms with E-state index in [1.807, 2.05) is 12.1 Å². The highest BCUT2D eigenvalue weighted by Crippen LogP contribution is 2.37. The fourth-order valence-electron chi connectivity index (χ4n) is 4.82. The van der Waals surface area contributed by atoms with Crippen LogP contribution in [-0.4, -0.2) is 0 Å². The molecular formula is C29H30FN. The number of hydrogen-bond acceptors (Lipinski definition) is 1. The molecule has 1 aliphatic carbocycles. The third kappa shape index (κ3) is 5.23. The van der Waals surface area contributed by atoms with Crippen molar-refractivity contribution in [2.24, 2.45) is 5.92 Å². The molecule has 0 aromatic heterocycles. The zero-order chi connectivity index (χ0) is 21.6. The summed E-state index contributed by atoms with van der Waals surface area (Å²) in [5.41, 5.74) is 5.76. The van der Waals surface area contributed by atoms with E-state index in [0.717, 1.165) is 35.8 Å². The lowest BCUT2D eigenvalue weighted by Gasteiger charge is -2.28. The van der Waals surface area contributed by atoms with Gasteiger partial charge in [-0.25, -0.2) is 4.39 Å². The minimum absolute atomic E-state index is 0.208. The van der Waals surface area contributed by atoms with Gasteiger partial charge in [0.05, 0.1) is 11.6 Å². The summed E-state index contributed by atoms with van der Waals surface area (Å²) >= 11 is 0. The van der Waals surface area contributed by atoms with E-state index in [0.29, 0.717) is 11.1 Å². The van der Waals surface area contributed by atoms with Crippen molar-refractivity contribution in [1.82, 2.24) is 0 Å². The Kier molecular flexibility index (Phi) is 6.82. The molecule has 0 N–H and O–H groups in total. The van der Waals surface area contributed by atoms with Crippen molar-refractivity contribution in [2.75, 3.05) is 0 Å². The topological polar surface area (TPSA) is 23.8 Å². The minimum atomic E-state index is -0.208. The Morgan fingerprint density at radius 3 is 2.10 bits per heavy atom. The number of rotatable bonds is 6. The van der Waals surface area contributed by atoms with E-state index < -0.39 is 0 Å². The monoisotopic (exact) mass is 411 g/mol. The first kappa shape index (κ1) is 21.3. The molecule has 0 radical (unpaired) electrons. The van der Waals surface area contributed by atoms with Gasteiger partial charge in [0.2, 0.25) is 0 Å². The van der Waals surface area contributed by atoms with Crippen LogP contribution in [0.2, 0.25) is 0 Å². The number of halogens is 1. The number of hydrogen-bond donors (Lipinski definition) is 0. The fraction of sp³-hybridized carbons (Fsp3) is 0.345. The average Bonchev–Trinajstić information content (AvgIpc) is 2.83. The van der Waals surface area contributed by atoms with Crippen LogP contribution in [-0.2, 0) is 12.8 Å². The molecule has 0 bridgehead atoms. The quantitative estimate of drug-likeness (QED) is 0.405. The maximum absolute atomic E-state index is 14.7. The maximum atomic E-state index is 14.7. The summed E-state index contributed by atoms with van der Waals surface area (Å²) in [5, 5.41) is 8.92. The number of benzene rings is 3. The molecule has 0 saturated heterocycles. The lowest BCUT2D eigenvalue weighted by molar-refractivity contribution is 0.319. The molecule has 0 amide bonds. The molecule has 0 aliphatic heterocycles. The first-order valence-corrected chi connectivity index (χ1v) is 11.5. The highest BCUT2D eigenvalue weighted by Gasteiger charge is 2.21. The Hall–Kier alpha value is -2.92. The Morgan fingerprint density at radius 2 is 1.48 bits per heavy atom. The van der Waals surface area contributed by atoms with Crippen LogP contribution in [0.5, 0.6) is 0 Å². The van der Waals surface area contributed by atoms with Gasteiger partial charge in [0, 0.05) is 5.56 Å². The molecule has 0 atom stereocenters. The molecule has 31 heavy (non-hydrogen) atoms. The second-order valence-electron chi connectivity index (χ2n) is 8.87. The van der Waals surface area contributed by atoms with Gasteiger partial charge in [-0.3, -0.25) is 0 Å². The summed E-state index contributed by atoms with van der Waals surface area (Å²) in [6, 6.07) is 23.8. The van der Waals surface area contributed by atoms with E-state index in [1.54, 1.807) is 30.3 Å². The third-order valence-electron chi connectivity index (χ3n) is 6.94. The molecule has 3 aromatic rings. The van der Waals surface area contributed by atoms with Gasteiger partial charge >= 0.3 is 0 Å². The number of aryl methyl sites for hydroxylation is 2. The maximum Gasteiger partial charge on any atom is 0.131 e. The smallest absolute Gasteiger partial charge is 0.131 e. The first-order valence-electron chi connectivity index (χ1n) is 11.5. The summed E-state index contributed by atoms with van der Waals surface area (Å²) < 4.78 is 14.7. The zero-order valence-electron chi connectivity index (χ0n) is 18.3. The van der Waals surface area contributed by atoms with Gasteiger partial charge in [-0.15, -0.1) is 0 Å². The third-order valence-corrected chi connectivity index (χ3v) is 6.94. The van der Waals surface area contributed by atoms with Gasteiger partial charge in [-0.2, -0.15) is 5.26 Å². The molecule has 1 aliphatic rings. The van der Waals surface area contributed by atoms with Gasteiger partial charge in [-0.1, -0.05) is 61.9 Å². The molecular weight excluding hydrogens is 381 g/mol. The largest absolute Gasteiger partial charge is 0.206 e. The van der Waals surface area contributed by atoms with E-state index in [-0.39, 0.29) is 5.82 Å². The lowest BCUT2D eigenvalue weighted by atomic mass is 9.78. The van der Waals surface area contributed by atoms with Crippen LogP contribution < -0.4 is 0 Å². The summed E-state index contributed by atoms with van der Waals surface area (Å²) in [7, 11) is 0. The van der Waals surface area contributed by atoms with Crippen LogP contribution in [0, 0.1) is 23.1 Å². The van der Waals surface area contributed by atoms with Crippen molar-refractivity contribution in [3.63, 3.8) is 0 Å². The number of nitriles is 1. The lowest BCUT2D eigenvalue weighted by Crippen LogP contribution is -2.12. The minimum Gasteiger partial charge on any atom is -0.206 e. The van der Waals surface area contributed by atoms with Gasteiger partial charge in [0.15, 0.2) is 0 Å². The highest BCUT2D eigenvalue weighted by atomic mass is 19.1. The molecule has 0 heterocycles. The van der Waals surface area contributed by atoms with Gasteiger partial charge in [-0.05, 0) is 90.8 Å². The van der Waals surface area contributed by atoms with Crippen LogP contribution in [0.3, 0.4) is 0 Å². The van der Waals surface area contributed by atoms with E-state index >= 15 is 0 Å². The summed E-state index contributed by atoms with van der Waals surface area (Å²) in [5.74, 6) is 1.44. The van der Waals surface area contributed by atoms with Crippen LogP contribution in [0.25, 0.3) is 11.1 Å². The first-order chi connectivity index (χ1) is 15.2. The van der Waals surface area contributed by atoms with Gasteiger partial charge < -0.3 is 0 Å². The van der Waals surface area contributed by atoms with E-state index in [4.69, 9.17) is 5.26 Å². The Bertz CT molecular complexity index is 1040. The van der Waals surface area contributed by atoms with E-state index in [1.165, 1.54) is 43.2 Å². The SMILES string of the molecule is CCC1CCC(c2ccc(CCc3ccc(-c4ccc(C#N)cc4)c(F)c3)cc2)CC1. The molecule has 3 aromatic carbocycles. The standard InChI is InChI=1S/C29H30FN/c1-2-21-5-12-25(13-6-21)26-14-7-22(8-15-26)3-4-23-11-18-28(29(30)19-23)27-16-9-24(20-31)10-17-27/h7-11,14-19,21,25H,2-6,12-13H2,1H3. The van der Waals surface area contributed by atoms with Crippen LogP contribution in [0.15, 0.2) is 66.7 Å². The molecule has 1 nitrogen and oxygen atoms in total. The fourth-order valence-corrected chi connectivity index (χ4v) is 4.82. The van der Waals surface area contributed by atoms with Crippen molar-refractivity contribution >= 4 is 0 Å². The molecule has 1 fully saturated rings. The van der Waals surface area contributed by atoms with Crippen molar-refractivity contribution in [3.05, 3.63) is 94.8 Å². The van der Waals surface area contributed by atoms with Crippen molar-refractivity contribution < 1.29 is 4.39 Å². The van der Waals surface area contributed by atoms with Crippen LogP contribution >= 0.6 is 0 Å². The molecule has 4 rings (SSSR count). The zero-order valence-corrected chi connectivity index (χ0v) is 18.3. The van der Waals surface area contributed by atoms with Gasteiger partial charge in [0.25, 0.3) is 0 Å². The van der Waals surface area contributed by atoms with E-state index in [2.05, 4.69) is 37.3 Å². The summed E-state index contributed by atoms with van der Waals surface area (Å²) in [6.07, 6.45) is 8.44. The van der Waals surface area contributed by atoms with Crippen molar-refractivity contribution in [1.29, 1.82) is 5.26 Å². The second-order valence-corrected chi connectivity index (χ2v) is 8.87. The predicted octanol–water partition coefficient (Wildman–Crippen LogP) is 7.83. The normalized spacial score (nSPS) is 18.5. The Morgan fingerprint density at radius 1 is 0.839 bits per heavy atom. The second kappa shape index (κ2) is 9.92. The van der Waals surface area contributed by atoms with Gasteiger partial charge in [0.1, 0.15) is 5.82 Å². The number of nitrogens with zero attached hydrogens (tertiary/aromatic N) is 1. The molecule has 0 unspecified atom stereocenters. The Balaban J connectivity index is 1.36.